The summed E-state index contributed by atoms with van der Waals surface area (Å²) >= 11 is 0. The molecule has 1 aliphatic carbocycles. The van der Waals surface area contributed by atoms with Crippen LogP contribution in [0.2, 0.25) is 0 Å². The molecule has 1 amide bonds. The Labute approximate surface area is 157 Å². The summed E-state index contributed by atoms with van der Waals surface area (Å²) in [5, 5.41) is 12.3. The molecule has 0 unspecified atom stereocenters. The fraction of sp³-hybridized carbons (Fsp3) is 0.263. The fourth-order valence-electron chi connectivity index (χ4n) is 1.98. The van der Waals surface area contributed by atoms with Gasteiger partial charge >= 0.3 is 0 Å². The molecule has 5 N–H and O–H groups in total. The van der Waals surface area contributed by atoms with Gasteiger partial charge in [-0.25, -0.2) is 0 Å². The highest BCUT2D eigenvalue weighted by Crippen LogP contribution is 2.38. The summed E-state index contributed by atoms with van der Waals surface area (Å²) in [5.74, 6) is 1.10. The first-order chi connectivity index (χ1) is 12.7. The molecule has 0 saturated heterocycles. The van der Waals surface area contributed by atoms with E-state index in [1.54, 1.807) is 36.4 Å². The molecule has 8 nitrogen and oxygen atoms in total. The van der Waals surface area contributed by atoms with E-state index in [0.717, 1.165) is 6.42 Å². The van der Waals surface area contributed by atoms with Gasteiger partial charge in [0.25, 0.3) is 5.91 Å². The summed E-state index contributed by atoms with van der Waals surface area (Å²) in [7, 11) is 1.54. The van der Waals surface area contributed by atoms with Crippen LogP contribution in [0.15, 0.2) is 42.6 Å². The Kier molecular flexibility index (Phi) is 6.12. The standard InChI is InChI=1S/C14H15N5O2.C5H8O/c1-17-13(20)12-8-11(6-7-18-12)21-10-4-2-9(3-5-10)19-14(15)16;1-5(2)3-4(5)6/h2-8H,1H3,(H,17,20)(H4,15,16,19);3H2,1-2H3. The number of hydrogen-bond donors (Lipinski definition) is 4. The minimum Gasteiger partial charge on any atom is -0.457 e. The van der Waals surface area contributed by atoms with Crippen LogP contribution in [0.3, 0.4) is 0 Å². The van der Waals surface area contributed by atoms with Gasteiger partial charge in [-0.15, -0.1) is 0 Å². The van der Waals surface area contributed by atoms with Gasteiger partial charge in [0.1, 0.15) is 23.0 Å². The molecule has 2 aromatic rings. The zero-order valence-corrected chi connectivity index (χ0v) is 15.5. The van der Waals surface area contributed by atoms with Crippen LogP contribution < -0.4 is 21.1 Å². The molecule has 3 rings (SSSR count). The number of nitrogens with two attached hydrogens (primary N) is 1. The molecule has 1 saturated carbocycles. The van der Waals surface area contributed by atoms with Gasteiger partial charge in [-0.1, -0.05) is 13.8 Å². The summed E-state index contributed by atoms with van der Waals surface area (Å²) < 4.78 is 5.64. The van der Waals surface area contributed by atoms with E-state index in [1.807, 2.05) is 13.8 Å². The molecular formula is C19H23N5O3. The highest BCUT2D eigenvalue weighted by molar-refractivity contribution is 5.99. The first kappa shape index (κ1) is 19.9. The maximum absolute atomic E-state index is 11.5. The molecule has 8 heteroatoms. The van der Waals surface area contributed by atoms with Gasteiger partial charge in [-0.05, 0) is 30.3 Å². The zero-order valence-electron chi connectivity index (χ0n) is 15.5. The second kappa shape index (κ2) is 8.31. The summed E-state index contributed by atoms with van der Waals surface area (Å²) in [5.41, 5.74) is 6.28. The summed E-state index contributed by atoms with van der Waals surface area (Å²) in [4.78, 5) is 25.7. The van der Waals surface area contributed by atoms with Crippen LogP contribution in [-0.4, -0.2) is 29.7 Å². The summed E-state index contributed by atoms with van der Waals surface area (Å²) in [6, 6.07) is 10.1. The van der Waals surface area contributed by atoms with Gasteiger partial charge in [-0.2, -0.15) is 0 Å². The number of aromatic nitrogens is 1. The monoisotopic (exact) mass is 369 g/mol. The number of nitrogens with one attached hydrogen (secondary N) is 3. The topological polar surface area (TPSA) is 130 Å². The van der Waals surface area contributed by atoms with Gasteiger partial charge in [0.2, 0.25) is 0 Å². The Bertz CT molecular complexity index is 847. The van der Waals surface area contributed by atoms with Crippen LogP contribution in [0.4, 0.5) is 5.69 Å². The molecule has 0 radical (unpaired) electrons. The molecule has 27 heavy (non-hydrogen) atoms. The first-order valence-electron chi connectivity index (χ1n) is 8.31. The SMILES string of the molecule is CC1(C)CC1=O.CNC(=O)c1cc(Oc2ccc(NC(=N)N)cc2)ccn1. The number of carbonyl (C=O) groups is 2. The smallest absolute Gasteiger partial charge is 0.269 e. The van der Waals surface area contributed by atoms with Crippen molar-refractivity contribution in [2.75, 3.05) is 12.4 Å². The van der Waals surface area contributed by atoms with Crippen molar-refractivity contribution in [1.82, 2.24) is 10.3 Å². The number of rotatable bonds is 4. The van der Waals surface area contributed by atoms with E-state index < -0.39 is 0 Å². The van der Waals surface area contributed by atoms with E-state index in [1.165, 1.54) is 13.2 Å². The highest BCUT2D eigenvalue weighted by atomic mass is 16.5. The Hall–Kier alpha value is -3.42. The molecule has 0 bridgehead atoms. The Morgan fingerprint density at radius 2 is 1.81 bits per heavy atom. The van der Waals surface area contributed by atoms with E-state index in [0.29, 0.717) is 23.0 Å². The normalized spacial score (nSPS) is 13.7. The lowest BCUT2D eigenvalue weighted by Gasteiger charge is -2.08. The number of hydrogen-bond acceptors (Lipinski definition) is 5. The number of Topliss-reactive ketones (excluding diaryl/α,β-unsaturated/α-hetero) is 1. The summed E-state index contributed by atoms with van der Waals surface area (Å²) in [6.45, 7) is 3.94. The predicted molar refractivity (Wildman–Crippen MR) is 103 cm³/mol. The highest BCUT2D eigenvalue weighted by Gasteiger charge is 2.43. The molecule has 1 heterocycles. The van der Waals surface area contributed by atoms with Crippen molar-refractivity contribution in [2.24, 2.45) is 11.1 Å². The van der Waals surface area contributed by atoms with E-state index in [2.05, 4.69) is 15.6 Å². The second-order valence-corrected chi connectivity index (χ2v) is 6.60. The molecular weight excluding hydrogens is 346 g/mol. The Morgan fingerprint density at radius 3 is 2.30 bits per heavy atom. The van der Waals surface area contributed by atoms with Crippen molar-refractivity contribution < 1.29 is 14.3 Å². The number of amides is 1. The lowest BCUT2D eigenvalue weighted by molar-refractivity contribution is -0.112. The number of nitrogens with zero attached hydrogens (tertiary/aromatic N) is 1. The van der Waals surface area contributed by atoms with E-state index >= 15 is 0 Å². The molecule has 1 aromatic heterocycles. The van der Waals surface area contributed by atoms with Crippen LogP contribution in [-0.2, 0) is 4.79 Å². The molecule has 0 spiro atoms. The largest absolute Gasteiger partial charge is 0.457 e. The second-order valence-electron chi connectivity index (χ2n) is 6.60. The van der Waals surface area contributed by atoms with Gasteiger partial charge in [0.15, 0.2) is 5.96 Å². The van der Waals surface area contributed by atoms with Crippen molar-refractivity contribution in [2.45, 2.75) is 20.3 Å². The first-order valence-corrected chi connectivity index (χ1v) is 8.31. The third kappa shape index (κ3) is 6.10. The number of ether oxygens (including phenoxy) is 1. The van der Waals surface area contributed by atoms with Gasteiger partial charge in [-0.3, -0.25) is 20.0 Å². The predicted octanol–water partition coefficient (Wildman–Crippen LogP) is 2.52. The number of carbonyl (C=O) groups excluding carboxylic acids is 2. The molecule has 1 aliphatic rings. The lowest BCUT2D eigenvalue weighted by Crippen LogP contribution is -2.20. The van der Waals surface area contributed by atoms with E-state index in [4.69, 9.17) is 15.9 Å². The zero-order chi connectivity index (χ0) is 20.0. The van der Waals surface area contributed by atoms with Gasteiger partial charge in [0.05, 0.1) is 0 Å². The molecule has 142 valence electrons. The van der Waals surface area contributed by atoms with Crippen LogP contribution in [0, 0.1) is 10.8 Å². The number of ketones is 1. The van der Waals surface area contributed by atoms with Crippen molar-refractivity contribution >= 4 is 23.3 Å². The fourth-order valence-corrected chi connectivity index (χ4v) is 1.98. The van der Waals surface area contributed by atoms with Crippen molar-refractivity contribution in [3.05, 3.63) is 48.3 Å². The van der Waals surface area contributed by atoms with Gasteiger partial charge < -0.3 is 21.1 Å². The third-order valence-corrected chi connectivity index (χ3v) is 3.79. The minimum atomic E-state index is -0.276. The molecule has 1 fully saturated rings. The average molecular weight is 369 g/mol. The van der Waals surface area contributed by atoms with Crippen molar-refractivity contribution in [1.29, 1.82) is 5.41 Å². The van der Waals surface area contributed by atoms with E-state index in [9.17, 15) is 9.59 Å². The summed E-state index contributed by atoms with van der Waals surface area (Å²) in [6.07, 6.45) is 2.30. The van der Waals surface area contributed by atoms with Gasteiger partial charge in [0, 0.05) is 36.8 Å². The number of benzene rings is 1. The van der Waals surface area contributed by atoms with Crippen LogP contribution >= 0.6 is 0 Å². The van der Waals surface area contributed by atoms with Crippen molar-refractivity contribution in [3.8, 4) is 11.5 Å². The van der Waals surface area contributed by atoms with E-state index in [-0.39, 0.29) is 23.0 Å². The maximum atomic E-state index is 11.5. The lowest BCUT2D eigenvalue weighted by atomic mass is 10.2. The van der Waals surface area contributed by atoms with Crippen molar-refractivity contribution in [3.63, 3.8) is 0 Å². The molecule has 1 aromatic carbocycles. The van der Waals surface area contributed by atoms with Crippen LogP contribution in [0.1, 0.15) is 30.8 Å². The maximum Gasteiger partial charge on any atom is 0.269 e. The van der Waals surface area contributed by atoms with Crippen LogP contribution in [0.5, 0.6) is 11.5 Å². The van der Waals surface area contributed by atoms with Crippen LogP contribution in [0.25, 0.3) is 0 Å². The number of anilines is 1. The number of pyridine rings is 1. The number of guanidine groups is 1. The Morgan fingerprint density at radius 1 is 1.22 bits per heavy atom. The average Bonchev–Trinajstić information content (AvgIpc) is 3.19. The Balaban J connectivity index is 0.000000369. The molecule has 0 atom stereocenters. The third-order valence-electron chi connectivity index (χ3n) is 3.79. The quantitative estimate of drug-likeness (QED) is 0.484. The minimum absolute atomic E-state index is 0.0694. The molecule has 0 aliphatic heterocycles.